The number of carbonyl (C=O) groups excluding carboxylic acids is 1. The summed E-state index contributed by atoms with van der Waals surface area (Å²) in [5, 5.41) is 1.02. The molecule has 1 aromatic heterocycles. The predicted molar refractivity (Wildman–Crippen MR) is 67.8 cm³/mol. The van der Waals surface area contributed by atoms with Gasteiger partial charge in [0.15, 0.2) is 5.78 Å². The Morgan fingerprint density at radius 3 is 2.69 bits per heavy atom. The van der Waals surface area contributed by atoms with Gasteiger partial charge in [0.05, 0.1) is 11.3 Å². The van der Waals surface area contributed by atoms with Gasteiger partial charge in [-0.25, -0.2) is 0 Å². The summed E-state index contributed by atoms with van der Waals surface area (Å²) in [7, 11) is 1.96. The SMILES string of the molecule is C=Cc1c(C(C)=O)c2cc(C)ccc2n1C. The number of hydrogen-bond acceptors (Lipinski definition) is 1. The quantitative estimate of drug-likeness (QED) is 0.701. The normalized spacial score (nSPS) is 10.7. The van der Waals surface area contributed by atoms with Crippen LogP contribution in [0.15, 0.2) is 24.8 Å². The van der Waals surface area contributed by atoms with E-state index in [0.29, 0.717) is 0 Å². The maximum Gasteiger partial charge on any atom is 0.162 e. The molecule has 0 saturated heterocycles. The summed E-state index contributed by atoms with van der Waals surface area (Å²) < 4.78 is 2.01. The molecular formula is C14H15NO. The third-order valence-corrected chi connectivity index (χ3v) is 2.95. The molecule has 0 spiro atoms. The van der Waals surface area contributed by atoms with Gasteiger partial charge in [-0.05, 0) is 32.1 Å². The third-order valence-electron chi connectivity index (χ3n) is 2.95. The van der Waals surface area contributed by atoms with Gasteiger partial charge in [0.2, 0.25) is 0 Å². The molecule has 16 heavy (non-hydrogen) atoms. The van der Waals surface area contributed by atoms with E-state index in [4.69, 9.17) is 0 Å². The Kier molecular flexibility index (Phi) is 2.43. The molecule has 0 aliphatic carbocycles. The van der Waals surface area contributed by atoms with Crippen molar-refractivity contribution < 1.29 is 4.79 Å². The van der Waals surface area contributed by atoms with Gasteiger partial charge < -0.3 is 4.57 Å². The second kappa shape index (κ2) is 3.63. The number of carbonyl (C=O) groups is 1. The summed E-state index contributed by atoms with van der Waals surface area (Å²) in [6, 6.07) is 6.16. The molecule has 1 heterocycles. The van der Waals surface area contributed by atoms with Gasteiger partial charge in [-0.2, -0.15) is 0 Å². The highest BCUT2D eigenvalue weighted by Crippen LogP contribution is 2.27. The largest absolute Gasteiger partial charge is 0.344 e. The lowest BCUT2D eigenvalue weighted by Gasteiger charge is -1.99. The van der Waals surface area contributed by atoms with Crippen LogP contribution in [0.5, 0.6) is 0 Å². The fourth-order valence-electron chi connectivity index (χ4n) is 2.19. The molecule has 0 fully saturated rings. The Labute approximate surface area is 95.2 Å². The topological polar surface area (TPSA) is 22.0 Å². The molecule has 0 aliphatic heterocycles. The maximum atomic E-state index is 11.7. The van der Waals surface area contributed by atoms with Crippen molar-refractivity contribution in [3.8, 4) is 0 Å². The minimum Gasteiger partial charge on any atom is -0.344 e. The number of ketones is 1. The zero-order valence-corrected chi connectivity index (χ0v) is 9.87. The first-order valence-electron chi connectivity index (χ1n) is 5.28. The Bertz CT molecular complexity index is 590. The Morgan fingerprint density at radius 2 is 2.12 bits per heavy atom. The number of fused-ring (bicyclic) bond motifs is 1. The van der Waals surface area contributed by atoms with Crippen molar-refractivity contribution in [3.05, 3.63) is 41.6 Å². The first kappa shape index (κ1) is 10.7. The van der Waals surface area contributed by atoms with Crippen molar-refractivity contribution in [2.24, 2.45) is 7.05 Å². The molecule has 0 radical (unpaired) electrons. The molecule has 2 heteroatoms. The second-order valence-electron chi connectivity index (χ2n) is 4.10. The van der Waals surface area contributed by atoms with Crippen LogP contribution in [0.3, 0.4) is 0 Å². The lowest BCUT2D eigenvalue weighted by Crippen LogP contribution is -1.96. The van der Waals surface area contributed by atoms with E-state index in [-0.39, 0.29) is 5.78 Å². The van der Waals surface area contributed by atoms with E-state index >= 15 is 0 Å². The molecule has 0 saturated carbocycles. The fraction of sp³-hybridized carbons (Fsp3) is 0.214. The highest BCUT2D eigenvalue weighted by molar-refractivity contribution is 6.10. The van der Waals surface area contributed by atoms with Crippen LogP contribution in [0.1, 0.15) is 28.5 Å². The monoisotopic (exact) mass is 213 g/mol. The number of Topliss-reactive ketones (excluding diaryl/α,β-unsaturated/α-hetero) is 1. The van der Waals surface area contributed by atoms with Crippen molar-refractivity contribution >= 4 is 22.8 Å². The zero-order valence-electron chi connectivity index (χ0n) is 9.87. The van der Waals surface area contributed by atoms with E-state index in [1.165, 1.54) is 0 Å². The molecular weight excluding hydrogens is 198 g/mol. The molecule has 0 N–H and O–H groups in total. The molecule has 2 nitrogen and oxygen atoms in total. The lowest BCUT2D eigenvalue weighted by molar-refractivity contribution is 0.101. The average molecular weight is 213 g/mol. The number of aryl methyl sites for hydroxylation is 2. The van der Waals surface area contributed by atoms with Crippen LogP contribution in [-0.2, 0) is 7.05 Å². The van der Waals surface area contributed by atoms with E-state index in [2.05, 4.69) is 18.7 Å². The van der Waals surface area contributed by atoms with Gasteiger partial charge in [0, 0.05) is 18.0 Å². The van der Waals surface area contributed by atoms with Crippen LogP contribution in [-0.4, -0.2) is 10.4 Å². The van der Waals surface area contributed by atoms with Crippen LogP contribution < -0.4 is 0 Å². The molecule has 0 unspecified atom stereocenters. The molecule has 0 atom stereocenters. The van der Waals surface area contributed by atoms with Gasteiger partial charge in [-0.15, -0.1) is 0 Å². The third kappa shape index (κ3) is 1.38. The summed E-state index contributed by atoms with van der Waals surface area (Å²) >= 11 is 0. The molecule has 82 valence electrons. The molecule has 0 aliphatic rings. The zero-order chi connectivity index (χ0) is 11.9. The molecule has 2 rings (SSSR count). The molecule has 2 aromatic rings. The Balaban J connectivity index is 2.98. The van der Waals surface area contributed by atoms with E-state index in [1.54, 1.807) is 13.0 Å². The standard InChI is InChI=1S/C14H15NO/c1-5-12-14(10(3)16)11-8-9(2)6-7-13(11)15(12)4/h5-8H,1H2,2-4H3. The highest BCUT2D eigenvalue weighted by atomic mass is 16.1. The van der Waals surface area contributed by atoms with Crippen LogP contribution >= 0.6 is 0 Å². The fourth-order valence-corrected chi connectivity index (χ4v) is 2.19. The second-order valence-corrected chi connectivity index (χ2v) is 4.10. The number of nitrogens with zero attached hydrogens (tertiary/aromatic N) is 1. The predicted octanol–water partition coefficient (Wildman–Crippen LogP) is 3.33. The summed E-state index contributed by atoms with van der Waals surface area (Å²) in [6.45, 7) is 7.41. The van der Waals surface area contributed by atoms with Crippen LogP contribution in [0.25, 0.3) is 17.0 Å². The number of hydrogen-bond donors (Lipinski definition) is 0. The number of aromatic nitrogens is 1. The van der Waals surface area contributed by atoms with E-state index < -0.39 is 0 Å². The molecule has 0 amide bonds. The van der Waals surface area contributed by atoms with Crippen molar-refractivity contribution in [1.29, 1.82) is 0 Å². The smallest absolute Gasteiger partial charge is 0.162 e. The molecule has 0 bridgehead atoms. The average Bonchev–Trinajstić information content (AvgIpc) is 2.50. The van der Waals surface area contributed by atoms with Crippen LogP contribution in [0, 0.1) is 6.92 Å². The van der Waals surface area contributed by atoms with Gasteiger partial charge in [-0.1, -0.05) is 18.2 Å². The summed E-state index contributed by atoms with van der Waals surface area (Å²) in [5.41, 5.74) is 3.91. The summed E-state index contributed by atoms with van der Waals surface area (Å²) in [4.78, 5) is 11.7. The van der Waals surface area contributed by atoms with Crippen LogP contribution in [0.4, 0.5) is 0 Å². The minimum atomic E-state index is 0.0890. The number of benzene rings is 1. The minimum absolute atomic E-state index is 0.0890. The van der Waals surface area contributed by atoms with Gasteiger partial charge >= 0.3 is 0 Å². The lowest BCUT2D eigenvalue weighted by atomic mass is 10.1. The maximum absolute atomic E-state index is 11.7. The highest BCUT2D eigenvalue weighted by Gasteiger charge is 2.15. The summed E-state index contributed by atoms with van der Waals surface area (Å²) in [5.74, 6) is 0.0890. The Hall–Kier alpha value is -1.83. The first-order valence-corrected chi connectivity index (χ1v) is 5.28. The first-order chi connectivity index (χ1) is 7.56. The van der Waals surface area contributed by atoms with E-state index in [1.807, 2.05) is 24.6 Å². The van der Waals surface area contributed by atoms with Crippen molar-refractivity contribution in [1.82, 2.24) is 4.57 Å². The van der Waals surface area contributed by atoms with Gasteiger partial charge in [0.25, 0.3) is 0 Å². The number of rotatable bonds is 2. The Morgan fingerprint density at radius 1 is 1.44 bits per heavy atom. The van der Waals surface area contributed by atoms with Crippen molar-refractivity contribution in [2.45, 2.75) is 13.8 Å². The van der Waals surface area contributed by atoms with E-state index in [0.717, 1.165) is 27.7 Å². The van der Waals surface area contributed by atoms with Crippen molar-refractivity contribution in [3.63, 3.8) is 0 Å². The van der Waals surface area contributed by atoms with Gasteiger partial charge in [-0.3, -0.25) is 4.79 Å². The van der Waals surface area contributed by atoms with E-state index in [9.17, 15) is 4.79 Å². The molecule has 1 aromatic carbocycles. The van der Waals surface area contributed by atoms with Gasteiger partial charge in [0.1, 0.15) is 0 Å². The van der Waals surface area contributed by atoms with Crippen molar-refractivity contribution in [2.75, 3.05) is 0 Å². The summed E-state index contributed by atoms with van der Waals surface area (Å²) in [6.07, 6.45) is 1.74. The van der Waals surface area contributed by atoms with Crippen LogP contribution in [0.2, 0.25) is 0 Å².